The summed E-state index contributed by atoms with van der Waals surface area (Å²) in [7, 11) is 0. The van der Waals surface area contributed by atoms with E-state index in [-0.39, 0.29) is 18.1 Å². The summed E-state index contributed by atoms with van der Waals surface area (Å²) in [4.78, 5) is 12.6. The van der Waals surface area contributed by atoms with Gasteiger partial charge in [-0.15, -0.1) is 0 Å². The SMILES string of the molecule is CC(=C1CC1)C(CC(=O)c1ccccc1)c1cccc(C(F)(F)F)c1. The molecule has 1 fully saturated rings. The van der Waals surface area contributed by atoms with Gasteiger partial charge in [-0.2, -0.15) is 13.2 Å². The maximum atomic E-state index is 13.1. The zero-order chi connectivity index (χ0) is 18.0. The summed E-state index contributed by atoms with van der Waals surface area (Å²) in [5.41, 5.74) is 2.76. The Morgan fingerprint density at radius 3 is 2.32 bits per heavy atom. The molecular weight excluding hydrogens is 325 g/mol. The lowest BCUT2D eigenvalue weighted by Crippen LogP contribution is -2.11. The van der Waals surface area contributed by atoms with Crippen LogP contribution in [0.2, 0.25) is 0 Å². The third-order valence-electron chi connectivity index (χ3n) is 4.68. The van der Waals surface area contributed by atoms with Gasteiger partial charge in [-0.25, -0.2) is 0 Å². The van der Waals surface area contributed by atoms with Gasteiger partial charge in [0.05, 0.1) is 5.56 Å². The van der Waals surface area contributed by atoms with Crippen LogP contribution in [0.5, 0.6) is 0 Å². The van der Waals surface area contributed by atoms with E-state index in [9.17, 15) is 18.0 Å². The Kier molecular flexibility index (Phi) is 4.80. The van der Waals surface area contributed by atoms with Gasteiger partial charge in [-0.3, -0.25) is 4.79 Å². The number of Topliss-reactive ketones (excluding diaryl/α,β-unsaturated/α-hetero) is 1. The fourth-order valence-electron chi connectivity index (χ4n) is 3.08. The minimum absolute atomic E-state index is 0.0522. The van der Waals surface area contributed by atoms with E-state index in [0.717, 1.165) is 24.5 Å². The molecule has 2 aromatic rings. The van der Waals surface area contributed by atoms with Gasteiger partial charge in [0.25, 0.3) is 0 Å². The molecule has 2 aromatic carbocycles. The first-order valence-corrected chi connectivity index (χ1v) is 8.30. The molecule has 0 amide bonds. The Bertz CT molecular complexity index is 797. The Labute approximate surface area is 145 Å². The molecule has 0 spiro atoms. The number of hydrogen-bond donors (Lipinski definition) is 0. The normalized spacial score (nSPS) is 15.0. The molecule has 1 aliphatic rings. The number of carbonyl (C=O) groups is 1. The van der Waals surface area contributed by atoms with Crippen molar-refractivity contribution in [2.75, 3.05) is 0 Å². The molecule has 130 valence electrons. The number of benzene rings is 2. The van der Waals surface area contributed by atoms with Crippen molar-refractivity contribution in [3.05, 3.63) is 82.4 Å². The fraction of sp³-hybridized carbons (Fsp3) is 0.286. The largest absolute Gasteiger partial charge is 0.416 e. The van der Waals surface area contributed by atoms with Crippen LogP contribution >= 0.6 is 0 Å². The molecule has 1 atom stereocenters. The van der Waals surface area contributed by atoms with Crippen LogP contribution in [0.15, 0.2) is 65.7 Å². The molecular formula is C21H19F3O. The van der Waals surface area contributed by atoms with Crippen molar-refractivity contribution in [2.45, 2.75) is 38.3 Å². The summed E-state index contributed by atoms with van der Waals surface area (Å²) in [6, 6.07) is 14.2. The van der Waals surface area contributed by atoms with Gasteiger partial charge >= 0.3 is 6.18 Å². The molecule has 0 aromatic heterocycles. The predicted octanol–water partition coefficient (Wildman–Crippen LogP) is 6.17. The molecule has 0 aliphatic heterocycles. The second-order valence-electron chi connectivity index (χ2n) is 6.46. The predicted molar refractivity (Wildman–Crippen MR) is 91.5 cm³/mol. The molecule has 25 heavy (non-hydrogen) atoms. The summed E-state index contributed by atoms with van der Waals surface area (Å²) in [6.07, 6.45) is -2.26. The summed E-state index contributed by atoms with van der Waals surface area (Å²) in [5.74, 6) is -0.365. The first-order valence-electron chi connectivity index (χ1n) is 8.30. The standard InChI is InChI=1S/C21H19F3O/c1-14(15-10-11-15)19(13-20(25)16-6-3-2-4-7-16)17-8-5-9-18(12-17)21(22,23)24/h2-9,12,19H,10-11,13H2,1H3. The summed E-state index contributed by atoms with van der Waals surface area (Å²) in [5, 5.41) is 0. The summed E-state index contributed by atoms with van der Waals surface area (Å²) >= 11 is 0. The molecule has 3 rings (SSSR count). The number of allylic oxidation sites excluding steroid dienone is 2. The van der Waals surface area contributed by atoms with E-state index in [1.165, 1.54) is 17.7 Å². The number of ketones is 1. The van der Waals surface area contributed by atoms with Crippen LogP contribution in [-0.2, 0) is 6.18 Å². The Hall–Kier alpha value is -2.36. The van der Waals surface area contributed by atoms with E-state index in [4.69, 9.17) is 0 Å². The average Bonchev–Trinajstić information content (AvgIpc) is 3.44. The quantitative estimate of drug-likeness (QED) is 0.468. The Morgan fingerprint density at radius 1 is 1.04 bits per heavy atom. The first kappa shape index (κ1) is 17.5. The van der Waals surface area contributed by atoms with Crippen LogP contribution in [0, 0.1) is 0 Å². The number of hydrogen-bond acceptors (Lipinski definition) is 1. The number of carbonyl (C=O) groups excluding carboxylic acids is 1. The maximum absolute atomic E-state index is 13.1. The van der Waals surface area contributed by atoms with Crippen LogP contribution in [-0.4, -0.2) is 5.78 Å². The van der Waals surface area contributed by atoms with E-state index < -0.39 is 11.7 Å². The highest BCUT2D eigenvalue weighted by atomic mass is 19.4. The zero-order valence-electron chi connectivity index (χ0n) is 13.9. The topological polar surface area (TPSA) is 17.1 Å². The lowest BCUT2D eigenvalue weighted by Gasteiger charge is -2.19. The highest BCUT2D eigenvalue weighted by molar-refractivity contribution is 5.96. The van der Waals surface area contributed by atoms with Gasteiger partial charge in [-0.05, 0) is 31.4 Å². The van der Waals surface area contributed by atoms with Crippen molar-refractivity contribution in [3.63, 3.8) is 0 Å². The molecule has 0 heterocycles. The Morgan fingerprint density at radius 2 is 1.72 bits per heavy atom. The lowest BCUT2D eigenvalue weighted by atomic mass is 9.85. The average molecular weight is 344 g/mol. The third-order valence-corrected chi connectivity index (χ3v) is 4.68. The van der Waals surface area contributed by atoms with Gasteiger partial charge in [0.1, 0.15) is 0 Å². The van der Waals surface area contributed by atoms with Crippen molar-refractivity contribution in [3.8, 4) is 0 Å². The molecule has 1 saturated carbocycles. The van der Waals surface area contributed by atoms with Gasteiger partial charge < -0.3 is 0 Å². The van der Waals surface area contributed by atoms with E-state index in [2.05, 4.69) is 0 Å². The molecule has 4 heteroatoms. The van der Waals surface area contributed by atoms with Gasteiger partial charge in [-0.1, -0.05) is 59.7 Å². The molecule has 1 unspecified atom stereocenters. The summed E-state index contributed by atoms with van der Waals surface area (Å²) in [6.45, 7) is 1.94. The fourth-order valence-corrected chi connectivity index (χ4v) is 3.08. The van der Waals surface area contributed by atoms with Crippen molar-refractivity contribution >= 4 is 5.78 Å². The molecule has 0 bridgehead atoms. The second kappa shape index (κ2) is 6.87. The van der Waals surface area contributed by atoms with Crippen LogP contribution in [0.3, 0.4) is 0 Å². The zero-order valence-corrected chi connectivity index (χ0v) is 13.9. The van der Waals surface area contributed by atoms with Gasteiger partial charge in [0, 0.05) is 17.9 Å². The molecule has 0 N–H and O–H groups in total. The summed E-state index contributed by atoms with van der Waals surface area (Å²) < 4.78 is 39.2. The van der Waals surface area contributed by atoms with Crippen LogP contribution < -0.4 is 0 Å². The highest BCUT2D eigenvalue weighted by Crippen LogP contribution is 2.41. The smallest absolute Gasteiger partial charge is 0.294 e. The van der Waals surface area contributed by atoms with E-state index in [0.29, 0.717) is 11.1 Å². The van der Waals surface area contributed by atoms with E-state index in [1.807, 2.05) is 13.0 Å². The van der Waals surface area contributed by atoms with E-state index in [1.54, 1.807) is 30.3 Å². The van der Waals surface area contributed by atoms with Crippen molar-refractivity contribution in [1.82, 2.24) is 0 Å². The van der Waals surface area contributed by atoms with E-state index >= 15 is 0 Å². The monoisotopic (exact) mass is 344 g/mol. The van der Waals surface area contributed by atoms with Crippen LogP contribution in [0.4, 0.5) is 13.2 Å². The minimum atomic E-state index is -4.38. The van der Waals surface area contributed by atoms with Gasteiger partial charge in [0.2, 0.25) is 0 Å². The minimum Gasteiger partial charge on any atom is -0.294 e. The maximum Gasteiger partial charge on any atom is 0.416 e. The van der Waals surface area contributed by atoms with Gasteiger partial charge in [0.15, 0.2) is 5.78 Å². The molecule has 0 radical (unpaired) electrons. The second-order valence-corrected chi connectivity index (χ2v) is 6.46. The number of alkyl halides is 3. The molecule has 1 aliphatic carbocycles. The van der Waals surface area contributed by atoms with Crippen LogP contribution in [0.1, 0.15) is 53.6 Å². The number of halogens is 3. The van der Waals surface area contributed by atoms with Crippen molar-refractivity contribution < 1.29 is 18.0 Å². The molecule has 0 saturated heterocycles. The Balaban J connectivity index is 1.94. The number of rotatable bonds is 5. The van der Waals surface area contributed by atoms with Crippen LogP contribution in [0.25, 0.3) is 0 Å². The van der Waals surface area contributed by atoms with Crippen molar-refractivity contribution in [2.24, 2.45) is 0 Å². The highest BCUT2D eigenvalue weighted by Gasteiger charge is 2.32. The third kappa shape index (κ3) is 4.19. The lowest BCUT2D eigenvalue weighted by molar-refractivity contribution is -0.137. The molecule has 1 nitrogen and oxygen atoms in total. The first-order chi connectivity index (χ1) is 11.9. The van der Waals surface area contributed by atoms with Crippen molar-refractivity contribution in [1.29, 1.82) is 0 Å².